The number of amides is 2. The lowest BCUT2D eigenvalue weighted by Gasteiger charge is -2.25. The van der Waals surface area contributed by atoms with E-state index in [9.17, 15) is 19.8 Å². The molecule has 0 radical (unpaired) electrons. The Morgan fingerprint density at radius 2 is 2.19 bits per heavy atom. The highest BCUT2D eigenvalue weighted by atomic mass is 16.6. The summed E-state index contributed by atoms with van der Waals surface area (Å²) in [5.74, 6) is -0.987. The summed E-state index contributed by atoms with van der Waals surface area (Å²) in [6, 6.07) is 3.81. The molecule has 7 nitrogen and oxygen atoms in total. The number of hydrogen-bond donors (Lipinski definition) is 3. The molecule has 21 heavy (non-hydrogen) atoms. The van der Waals surface area contributed by atoms with Crippen molar-refractivity contribution in [2.75, 3.05) is 7.11 Å². The second-order valence-electron chi connectivity index (χ2n) is 4.92. The normalized spacial score (nSPS) is 16.7. The lowest BCUT2D eigenvalue weighted by atomic mass is 10.1. The van der Waals surface area contributed by atoms with Crippen molar-refractivity contribution >= 4 is 11.8 Å². The Balaban J connectivity index is 2.18. The molecule has 0 aromatic heterocycles. The molecule has 2 rings (SSSR count). The Kier molecular flexibility index (Phi) is 4.44. The number of nitrogens with zero attached hydrogens (tertiary/aromatic N) is 1. The Morgan fingerprint density at radius 1 is 1.48 bits per heavy atom. The highest BCUT2D eigenvalue weighted by Gasteiger charge is 2.36. The van der Waals surface area contributed by atoms with Crippen LogP contribution < -0.4 is 5.73 Å². The first kappa shape index (κ1) is 15.3. The second kappa shape index (κ2) is 6.11. The minimum absolute atomic E-state index is 0.0171. The molecule has 0 saturated heterocycles. The number of ether oxygens (including phenoxy) is 1. The van der Waals surface area contributed by atoms with Crippen LogP contribution in [0, 0.1) is 0 Å². The number of carbonyl (C=O) groups is 2. The monoisotopic (exact) mass is 294 g/mol. The van der Waals surface area contributed by atoms with Crippen LogP contribution >= 0.6 is 0 Å². The molecule has 2 atom stereocenters. The molecule has 0 fully saturated rings. The second-order valence-corrected chi connectivity index (χ2v) is 4.92. The highest BCUT2D eigenvalue weighted by molar-refractivity contribution is 6.01. The van der Waals surface area contributed by atoms with Crippen molar-refractivity contribution in [3.8, 4) is 5.75 Å². The fourth-order valence-corrected chi connectivity index (χ4v) is 2.46. The minimum atomic E-state index is -1.01. The van der Waals surface area contributed by atoms with Crippen LogP contribution in [0.4, 0.5) is 0 Å². The van der Waals surface area contributed by atoms with E-state index in [2.05, 4.69) is 0 Å². The molecule has 0 spiro atoms. The third kappa shape index (κ3) is 2.98. The van der Waals surface area contributed by atoms with Gasteiger partial charge in [-0.25, -0.2) is 0 Å². The number of benzene rings is 1. The van der Waals surface area contributed by atoms with E-state index in [0.29, 0.717) is 11.1 Å². The molecule has 1 aliphatic heterocycles. The maximum atomic E-state index is 12.3. The quantitative estimate of drug-likeness (QED) is 0.636. The molecule has 0 aliphatic carbocycles. The number of aliphatic hydroxyl groups excluding tert-OH is 1. The van der Waals surface area contributed by atoms with Gasteiger partial charge in [0.05, 0.1) is 6.54 Å². The Bertz CT molecular complexity index is 560. The molecule has 4 N–H and O–H groups in total. The van der Waals surface area contributed by atoms with Gasteiger partial charge >= 0.3 is 0 Å². The third-order valence-electron chi connectivity index (χ3n) is 3.63. The van der Waals surface area contributed by atoms with Crippen molar-refractivity contribution in [1.82, 2.24) is 4.90 Å². The van der Waals surface area contributed by atoms with Crippen LogP contribution in [0.3, 0.4) is 0 Å². The van der Waals surface area contributed by atoms with Crippen molar-refractivity contribution in [3.05, 3.63) is 29.3 Å². The van der Waals surface area contributed by atoms with Crippen LogP contribution in [0.25, 0.3) is 0 Å². The maximum Gasteiger partial charge on any atom is 0.255 e. The average molecular weight is 294 g/mol. The summed E-state index contributed by atoms with van der Waals surface area (Å²) in [6.07, 6.45) is -0.651. The van der Waals surface area contributed by atoms with E-state index in [4.69, 9.17) is 10.5 Å². The van der Waals surface area contributed by atoms with Gasteiger partial charge in [0, 0.05) is 24.7 Å². The molecule has 7 heteroatoms. The topological polar surface area (TPSA) is 113 Å². The lowest BCUT2D eigenvalue weighted by molar-refractivity contribution is -0.124. The lowest BCUT2D eigenvalue weighted by Crippen LogP contribution is -2.45. The molecular formula is C14H18N2O5. The summed E-state index contributed by atoms with van der Waals surface area (Å²) in [5.41, 5.74) is 6.22. The summed E-state index contributed by atoms with van der Waals surface area (Å²) in [5, 5.41) is 19.2. The molecule has 1 aromatic rings. The summed E-state index contributed by atoms with van der Waals surface area (Å²) in [7, 11) is 1.35. The van der Waals surface area contributed by atoms with Gasteiger partial charge in [0.2, 0.25) is 5.91 Å². The molecule has 2 amide bonds. The SMILES string of the molecule is COC(O)CCC(C(N)=O)N1Cc2c(O)cccc2C1=O. The van der Waals surface area contributed by atoms with Crippen LogP contribution in [-0.2, 0) is 16.1 Å². The molecule has 114 valence electrons. The fraction of sp³-hybridized carbons (Fsp3) is 0.429. The van der Waals surface area contributed by atoms with Crippen molar-refractivity contribution in [2.24, 2.45) is 5.73 Å². The van der Waals surface area contributed by atoms with Crippen molar-refractivity contribution in [1.29, 1.82) is 0 Å². The van der Waals surface area contributed by atoms with Gasteiger partial charge in [-0.15, -0.1) is 0 Å². The van der Waals surface area contributed by atoms with E-state index in [0.717, 1.165) is 0 Å². The van der Waals surface area contributed by atoms with Gasteiger partial charge in [0.1, 0.15) is 11.8 Å². The number of aromatic hydroxyl groups is 1. The van der Waals surface area contributed by atoms with E-state index in [-0.39, 0.29) is 31.0 Å². The number of fused-ring (bicyclic) bond motifs is 1. The van der Waals surface area contributed by atoms with Gasteiger partial charge < -0.3 is 25.6 Å². The Morgan fingerprint density at radius 3 is 2.76 bits per heavy atom. The fourth-order valence-electron chi connectivity index (χ4n) is 2.46. The average Bonchev–Trinajstić information content (AvgIpc) is 2.78. The van der Waals surface area contributed by atoms with E-state index in [1.54, 1.807) is 12.1 Å². The summed E-state index contributed by atoms with van der Waals surface area (Å²) in [6.45, 7) is 0.123. The first-order valence-corrected chi connectivity index (χ1v) is 6.57. The number of phenols is 1. The third-order valence-corrected chi connectivity index (χ3v) is 3.63. The Hall–Kier alpha value is -2.12. The number of methoxy groups -OCH3 is 1. The number of hydrogen-bond acceptors (Lipinski definition) is 5. The first-order valence-electron chi connectivity index (χ1n) is 6.57. The number of rotatable bonds is 6. The number of carbonyl (C=O) groups excluding carboxylic acids is 2. The standard InChI is InChI=1S/C14H18N2O5/c1-21-12(18)6-5-10(13(15)19)16-7-9-8(14(16)20)3-2-4-11(9)17/h2-4,10,12,17-18H,5-7H2,1H3,(H2,15,19). The van der Waals surface area contributed by atoms with Gasteiger partial charge in [-0.05, 0) is 18.6 Å². The zero-order valence-corrected chi connectivity index (χ0v) is 11.7. The largest absolute Gasteiger partial charge is 0.508 e. The molecule has 2 unspecified atom stereocenters. The predicted octanol–water partition coefficient (Wildman–Crippen LogP) is -0.0531. The number of phenolic OH excluding ortho intramolecular Hbond substituents is 1. The molecular weight excluding hydrogens is 276 g/mol. The van der Waals surface area contributed by atoms with E-state index < -0.39 is 18.2 Å². The zero-order valence-electron chi connectivity index (χ0n) is 11.7. The van der Waals surface area contributed by atoms with Crippen molar-refractivity contribution in [3.63, 3.8) is 0 Å². The number of aliphatic hydroxyl groups is 1. The van der Waals surface area contributed by atoms with E-state index in [1.807, 2.05) is 0 Å². The van der Waals surface area contributed by atoms with Crippen LogP contribution in [0.15, 0.2) is 18.2 Å². The van der Waals surface area contributed by atoms with E-state index >= 15 is 0 Å². The van der Waals surface area contributed by atoms with Crippen LogP contribution in [0.5, 0.6) is 5.75 Å². The van der Waals surface area contributed by atoms with Crippen molar-refractivity contribution in [2.45, 2.75) is 31.7 Å². The highest BCUT2D eigenvalue weighted by Crippen LogP contribution is 2.32. The molecule has 1 aromatic carbocycles. The van der Waals surface area contributed by atoms with Gasteiger partial charge in [-0.3, -0.25) is 9.59 Å². The zero-order chi connectivity index (χ0) is 15.6. The number of primary amides is 1. The summed E-state index contributed by atoms with van der Waals surface area (Å²) < 4.78 is 4.71. The summed E-state index contributed by atoms with van der Waals surface area (Å²) in [4.78, 5) is 25.2. The van der Waals surface area contributed by atoms with Crippen LogP contribution in [0.2, 0.25) is 0 Å². The van der Waals surface area contributed by atoms with Crippen LogP contribution in [0.1, 0.15) is 28.8 Å². The smallest absolute Gasteiger partial charge is 0.255 e. The minimum Gasteiger partial charge on any atom is -0.508 e. The molecule has 0 bridgehead atoms. The van der Waals surface area contributed by atoms with E-state index in [1.165, 1.54) is 18.1 Å². The molecule has 1 heterocycles. The Labute approximate surface area is 121 Å². The van der Waals surface area contributed by atoms with Gasteiger partial charge in [0.15, 0.2) is 6.29 Å². The first-order chi connectivity index (χ1) is 9.95. The van der Waals surface area contributed by atoms with Crippen molar-refractivity contribution < 1.29 is 24.5 Å². The molecule has 1 aliphatic rings. The summed E-state index contributed by atoms with van der Waals surface area (Å²) >= 11 is 0. The van der Waals surface area contributed by atoms with Gasteiger partial charge in [0.25, 0.3) is 5.91 Å². The van der Waals surface area contributed by atoms with Gasteiger partial charge in [-0.2, -0.15) is 0 Å². The predicted molar refractivity (Wildman–Crippen MR) is 73.2 cm³/mol. The molecule has 0 saturated carbocycles. The maximum absolute atomic E-state index is 12.3. The number of nitrogens with two attached hydrogens (primary N) is 1. The van der Waals surface area contributed by atoms with Crippen LogP contribution in [-0.4, -0.2) is 46.4 Å². The van der Waals surface area contributed by atoms with Gasteiger partial charge in [-0.1, -0.05) is 6.07 Å².